The van der Waals surface area contributed by atoms with E-state index in [9.17, 15) is 14.0 Å². The Morgan fingerprint density at radius 2 is 2.04 bits per heavy atom. The average molecular weight is 348 g/mol. The molecule has 0 radical (unpaired) electrons. The van der Waals surface area contributed by atoms with E-state index in [0.717, 1.165) is 31.4 Å². The average Bonchev–Trinajstić information content (AvgIpc) is 3.15. The zero-order valence-corrected chi connectivity index (χ0v) is 14.4. The molecule has 2 heterocycles. The van der Waals surface area contributed by atoms with Gasteiger partial charge in [-0.3, -0.25) is 9.59 Å². The van der Waals surface area contributed by atoms with Crippen LogP contribution in [0.25, 0.3) is 0 Å². The number of amides is 2. The summed E-state index contributed by atoms with van der Waals surface area (Å²) in [5.41, 5.74) is 0.791. The number of nitrogens with zero attached hydrogens (tertiary/aromatic N) is 1. The van der Waals surface area contributed by atoms with Crippen molar-refractivity contribution in [3.05, 3.63) is 35.6 Å². The molecule has 0 unspecified atom stereocenters. The number of rotatable bonds is 5. The highest BCUT2D eigenvalue weighted by Crippen LogP contribution is 2.19. The molecule has 1 aromatic rings. The lowest BCUT2D eigenvalue weighted by molar-refractivity contribution is -0.135. The molecule has 2 saturated heterocycles. The van der Waals surface area contributed by atoms with E-state index in [2.05, 4.69) is 5.32 Å². The Bertz CT molecular complexity index is 599. The molecule has 0 saturated carbocycles. The van der Waals surface area contributed by atoms with E-state index in [0.29, 0.717) is 32.2 Å². The second kappa shape index (κ2) is 8.43. The number of ether oxygens (including phenoxy) is 1. The fourth-order valence-electron chi connectivity index (χ4n) is 3.44. The molecule has 0 aliphatic carbocycles. The van der Waals surface area contributed by atoms with Crippen LogP contribution in [0.15, 0.2) is 24.3 Å². The largest absolute Gasteiger partial charge is 0.381 e. The maximum atomic E-state index is 13.0. The first-order chi connectivity index (χ1) is 12.1. The Morgan fingerprint density at radius 1 is 1.24 bits per heavy atom. The zero-order valence-electron chi connectivity index (χ0n) is 14.4. The molecule has 0 aromatic heterocycles. The highest BCUT2D eigenvalue weighted by atomic mass is 19.1. The van der Waals surface area contributed by atoms with Crippen molar-refractivity contribution in [1.29, 1.82) is 0 Å². The summed E-state index contributed by atoms with van der Waals surface area (Å²) in [7, 11) is 0. The van der Waals surface area contributed by atoms with E-state index in [1.807, 2.05) is 0 Å². The highest BCUT2D eigenvalue weighted by molar-refractivity contribution is 5.82. The second-order valence-corrected chi connectivity index (χ2v) is 6.96. The van der Waals surface area contributed by atoms with Crippen LogP contribution in [0.4, 0.5) is 4.39 Å². The van der Waals surface area contributed by atoms with Crippen LogP contribution in [0.1, 0.15) is 24.8 Å². The Hall–Kier alpha value is -1.95. The van der Waals surface area contributed by atoms with Crippen molar-refractivity contribution < 1.29 is 18.7 Å². The van der Waals surface area contributed by atoms with Crippen molar-refractivity contribution in [2.45, 2.75) is 25.7 Å². The van der Waals surface area contributed by atoms with Crippen molar-refractivity contribution in [1.82, 2.24) is 10.2 Å². The summed E-state index contributed by atoms with van der Waals surface area (Å²) < 4.78 is 18.3. The zero-order chi connectivity index (χ0) is 17.6. The van der Waals surface area contributed by atoms with Crippen molar-refractivity contribution in [2.75, 3.05) is 32.8 Å². The van der Waals surface area contributed by atoms with Gasteiger partial charge in [0.15, 0.2) is 0 Å². The van der Waals surface area contributed by atoms with Gasteiger partial charge in [-0.25, -0.2) is 4.39 Å². The molecule has 0 bridgehead atoms. The third-order valence-electron chi connectivity index (χ3n) is 5.00. The number of likely N-dealkylation sites (tertiary alicyclic amines) is 1. The molecule has 2 fully saturated rings. The first-order valence-electron chi connectivity index (χ1n) is 8.99. The van der Waals surface area contributed by atoms with Gasteiger partial charge in [0.1, 0.15) is 5.82 Å². The standard InChI is InChI=1S/C19H25FN2O3/c20-17-5-3-14(4-6-17)10-18(23)22-8-1-2-16(12-22)19(24)21-11-15-7-9-25-13-15/h3-6,15-16H,1-2,7-13H2,(H,21,24)/t15-,16-/m1/s1. The summed E-state index contributed by atoms with van der Waals surface area (Å²) in [4.78, 5) is 26.6. The van der Waals surface area contributed by atoms with E-state index < -0.39 is 0 Å². The number of benzene rings is 1. The van der Waals surface area contributed by atoms with E-state index in [-0.39, 0.29) is 30.0 Å². The number of carbonyl (C=O) groups excluding carboxylic acids is 2. The number of hydrogen-bond donors (Lipinski definition) is 1. The number of piperidine rings is 1. The maximum absolute atomic E-state index is 13.0. The summed E-state index contributed by atoms with van der Waals surface area (Å²) in [5, 5.41) is 3.01. The van der Waals surface area contributed by atoms with Crippen molar-refractivity contribution in [3.63, 3.8) is 0 Å². The smallest absolute Gasteiger partial charge is 0.227 e. The first kappa shape index (κ1) is 17.9. The second-order valence-electron chi connectivity index (χ2n) is 6.96. The van der Waals surface area contributed by atoms with Crippen LogP contribution in [0.5, 0.6) is 0 Å². The van der Waals surface area contributed by atoms with Gasteiger partial charge in [-0.1, -0.05) is 12.1 Å². The molecular weight excluding hydrogens is 323 g/mol. The lowest BCUT2D eigenvalue weighted by Crippen LogP contribution is -2.46. The van der Waals surface area contributed by atoms with Crippen molar-refractivity contribution in [3.8, 4) is 0 Å². The lowest BCUT2D eigenvalue weighted by Gasteiger charge is -2.32. The van der Waals surface area contributed by atoms with Crippen LogP contribution >= 0.6 is 0 Å². The molecule has 2 aliphatic heterocycles. The van der Waals surface area contributed by atoms with Gasteiger partial charge in [0.2, 0.25) is 11.8 Å². The van der Waals surface area contributed by atoms with E-state index in [1.54, 1.807) is 17.0 Å². The molecule has 2 atom stereocenters. The van der Waals surface area contributed by atoms with Crippen LogP contribution in [-0.4, -0.2) is 49.6 Å². The van der Waals surface area contributed by atoms with Gasteiger partial charge in [0.25, 0.3) is 0 Å². The molecule has 1 N–H and O–H groups in total. The predicted molar refractivity (Wildman–Crippen MR) is 91.3 cm³/mol. The van der Waals surface area contributed by atoms with Gasteiger partial charge < -0.3 is 15.0 Å². The summed E-state index contributed by atoms with van der Waals surface area (Å²) in [6, 6.07) is 5.99. The summed E-state index contributed by atoms with van der Waals surface area (Å²) in [6.07, 6.45) is 2.88. The Balaban J connectivity index is 1.48. The minimum absolute atomic E-state index is 0.00620. The van der Waals surface area contributed by atoms with Gasteiger partial charge in [-0.15, -0.1) is 0 Å². The molecule has 25 heavy (non-hydrogen) atoms. The normalized spacial score (nSPS) is 23.5. The van der Waals surface area contributed by atoms with Crippen LogP contribution in [0.3, 0.4) is 0 Å². The molecular formula is C19H25FN2O3. The summed E-state index contributed by atoms with van der Waals surface area (Å²) in [5.74, 6) is -0.0185. The van der Waals surface area contributed by atoms with Gasteiger partial charge in [0.05, 0.1) is 18.9 Å². The quantitative estimate of drug-likeness (QED) is 0.882. The van der Waals surface area contributed by atoms with Crippen LogP contribution < -0.4 is 5.32 Å². The third-order valence-corrected chi connectivity index (χ3v) is 5.00. The van der Waals surface area contributed by atoms with Crippen molar-refractivity contribution >= 4 is 11.8 Å². The fourth-order valence-corrected chi connectivity index (χ4v) is 3.44. The van der Waals surface area contributed by atoms with Crippen molar-refractivity contribution in [2.24, 2.45) is 11.8 Å². The van der Waals surface area contributed by atoms with E-state index in [1.165, 1.54) is 12.1 Å². The monoisotopic (exact) mass is 348 g/mol. The van der Waals surface area contributed by atoms with Gasteiger partial charge >= 0.3 is 0 Å². The predicted octanol–water partition coefficient (Wildman–Crippen LogP) is 1.76. The fraction of sp³-hybridized carbons (Fsp3) is 0.579. The lowest BCUT2D eigenvalue weighted by atomic mass is 9.96. The summed E-state index contributed by atoms with van der Waals surface area (Å²) in [6.45, 7) is 3.29. The Morgan fingerprint density at radius 3 is 2.76 bits per heavy atom. The van der Waals surface area contributed by atoms with Gasteiger partial charge in [-0.2, -0.15) is 0 Å². The molecule has 5 nitrogen and oxygen atoms in total. The first-order valence-corrected chi connectivity index (χ1v) is 8.99. The van der Waals surface area contributed by atoms with E-state index in [4.69, 9.17) is 4.74 Å². The topological polar surface area (TPSA) is 58.6 Å². The molecule has 136 valence electrons. The van der Waals surface area contributed by atoms with Crippen LogP contribution in [0, 0.1) is 17.7 Å². The van der Waals surface area contributed by atoms with Gasteiger partial charge in [-0.05, 0) is 37.0 Å². The number of carbonyl (C=O) groups is 2. The minimum Gasteiger partial charge on any atom is -0.381 e. The molecule has 1 aromatic carbocycles. The maximum Gasteiger partial charge on any atom is 0.227 e. The molecule has 6 heteroatoms. The number of hydrogen-bond acceptors (Lipinski definition) is 3. The van der Waals surface area contributed by atoms with Crippen LogP contribution in [0.2, 0.25) is 0 Å². The third kappa shape index (κ3) is 5.01. The Labute approximate surface area is 147 Å². The molecule has 3 rings (SSSR count). The minimum atomic E-state index is -0.307. The van der Waals surface area contributed by atoms with E-state index >= 15 is 0 Å². The van der Waals surface area contributed by atoms with Gasteiger partial charge in [0, 0.05) is 32.2 Å². The summed E-state index contributed by atoms with van der Waals surface area (Å²) >= 11 is 0. The molecule has 0 spiro atoms. The number of nitrogens with one attached hydrogen (secondary N) is 1. The highest BCUT2D eigenvalue weighted by Gasteiger charge is 2.29. The Kier molecular flexibility index (Phi) is 6.02. The SMILES string of the molecule is O=C(NC[C@H]1CCOC1)[C@@H]1CCCN(C(=O)Cc2ccc(F)cc2)C1. The molecule has 2 aliphatic rings. The number of halogens is 1. The molecule has 2 amide bonds. The van der Waals surface area contributed by atoms with Crippen LogP contribution in [-0.2, 0) is 20.7 Å².